The highest BCUT2D eigenvalue weighted by Crippen LogP contribution is 2.09. The molecule has 4 heteroatoms. The van der Waals surface area contributed by atoms with Crippen molar-refractivity contribution in [3.05, 3.63) is 0 Å². The molecule has 2 N–H and O–H groups in total. The van der Waals surface area contributed by atoms with Crippen LogP contribution in [0.15, 0.2) is 0 Å². The van der Waals surface area contributed by atoms with Gasteiger partial charge in [0.25, 0.3) is 0 Å². The fraction of sp³-hybridized carbons (Fsp3) is 0.900. The first-order valence-electron chi connectivity index (χ1n) is 5.05. The van der Waals surface area contributed by atoms with E-state index in [0.717, 1.165) is 12.8 Å². The van der Waals surface area contributed by atoms with Crippen molar-refractivity contribution in [1.29, 1.82) is 0 Å². The second-order valence-corrected chi connectivity index (χ2v) is 4.43. The molecule has 3 nitrogen and oxygen atoms in total. The molecule has 0 rings (SSSR count). The lowest BCUT2D eigenvalue weighted by Gasteiger charge is -2.06. The minimum Gasteiger partial charge on any atom is -0.481 e. The van der Waals surface area contributed by atoms with Crippen molar-refractivity contribution in [2.45, 2.75) is 44.6 Å². The second-order valence-electron chi connectivity index (χ2n) is 3.45. The van der Waals surface area contributed by atoms with Gasteiger partial charge in [-0.15, -0.1) is 0 Å². The third kappa shape index (κ3) is 9.86. The number of hydrogen-bond donors (Lipinski definition) is 2. The van der Waals surface area contributed by atoms with Gasteiger partial charge in [-0.2, -0.15) is 11.8 Å². The van der Waals surface area contributed by atoms with Crippen molar-refractivity contribution in [3.63, 3.8) is 0 Å². The molecule has 0 spiro atoms. The monoisotopic (exact) mass is 220 g/mol. The normalized spacial score (nSPS) is 12.7. The molecule has 0 saturated carbocycles. The highest BCUT2D eigenvalue weighted by Gasteiger charge is 2.08. The predicted molar refractivity (Wildman–Crippen MR) is 59.7 cm³/mol. The number of unbranched alkanes of at least 4 members (excludes halogenated alkanes) is 3. The fourth-order valence-corrected chi connectivity index (χ4v) is 1.78. The maximum Gasteiger partial charge on any atom is 0.305 e. The molecule has 1 unspecified atom stereocenters. The number of aliphatic hydroxyl groups excluding tert-OH is 1. The topological polar surface area (TPSA) is 57.5 Å². The molecule has 0 amide bonds. The SMILES string of the molecule is CSCCCCCCC(O)CC(=O)O. The van der Waals surface area contributed by atoms with E-state index >= 15 is 0 Å². The molecule has 1 atom stereocenters. The van der Waals surface area contributed by atoms with Gasteiger partial charge in [0.2, 0.25) is 0 Å². The average Bonchev–Trinajstić information content (AvgIpc) is 2.10. The van der Waals surface area contributed by atoms with E-state index in [9.17, 15) is 9.90 Å². The Bertz CT molecular complexity index is 150. The van der Waals surface area contributed by atoms with Crippen molar-refractivity contribution in [1.82, 2.24) is 0 Å². The zero-order chi connectivity index (χ0) is 10.8. The molecule has 0 aliphatic carbocycles. The number of carboxylic acid groups (broad SMARTS) is 1. The summed E-state index contributed by atoms with van der Waals surface area (Å²) in [6, 6.07) is 0. The van der Waals surface area contributed by atoms with Gasteiger partial charge in [0.15, 0.2) is 0 Å². The van der Waals surface area contributed by atoms with Gasteiger partial charge in [-0.3, -0.25) is 4.79 Å². The molecule has 0 bridgehead atoms. The quantitative estimate of drug-likeness (QED) is 0.584. The summed E-state index contributed by atoms with van der Waals surface area (Å²) in [5.41, 5.74) is 0. The Morgan fingerprint density at radius 1 is 1.29 bits per heavy atom. The van der Waals surface area contributed by atoms with Crippen LogP contribution in [0.4, 0.5) is 0 Å². The lowest BCUT2D eigenvalue weighted by atomic mass is 10.1. The summed E-state index contributed by atoms with van der Waals surface area (Å²) >= 11 is 1.85. The van der Waals surface area contributed by atoms with Crippen LogP contribution in [0.25, 0.3) is 0 Å². The van der Waals surface area contributed by atoms with Crippen LogP contribution in [0.1, 0.15) is 38.5 Å². The summed E-state index contributed by atoms with van der Waals surface area (Å²) < 4.78 is 0. The van der Waals surface area contributed by atoms with E-state index in [1.54, 1.807) is 0 Å². The number of carbonyl (C=O) groups is 1. The summed E-state index contributed by atoms with van der Waals surface area (Å²) in [7, 11) is 0. The Kier molecular flexibility index (Phi) is 9.19. The van der Waals surface area contributed by atoms with Gasteiger partial charge in [-0.1, -0.05) is 19.3 Å². The summed E-state index contributed by atoms with van der Waals surface area (Å²) in [4.78, 5) is 10.2. The fourth-order valence-electron chi connectivity index (χ4n) is 1.28. The molecule has 84 valence electrons. The minimum absolute atomic E-state index is 0.120. The Hall–Kier alpha value is -0.220. The van der Waals surface area contributed by atoms with E-state index in [1.807, 2.05) is 11.8 Å². The Labute approximate surface area is 89.9 Å². The number of thioether (sulfide) groups is 1. The molecule has 0 aliphatic heterocycles. The Morgan fingerprint density at radius 2 is 1.93 bits per heavy atom. The molecule has 0 aromatic rings. The van der Waals surface area contributed by atoms with Gasteiger partial charge >= 0.3 is 5.97 Å². The standard InChI is InChI=1S/C10H20O3S/c1-14-7-5-3-2-4-6-9(11)8-10(12)13/h9,11H,2-8H2,1H3,(H,12,13). The van der Waals surface area contributed by atoms with Crippen molar-refractivity contribution in [3.8, 4) is 0 Å². The van der Waals surface area contributed by atoms with E-state index in [2.05, 4.69) is 6.26 Å². The average molecular weight is 220 g/mol. The maximum absolute atomic E-state index is 10.2. The third-order valence-electron chi connectivity index (χ3n) is 2.05. The van der Waals surface area contributed by atoms with Gasteiger partial charge in [0.05, 0.1) is 12.5 Å². The number of rotatable bonds is 9. The van der Waals surface area contributed by atoms with Crippen molar-refractivity contribution >= 4 is 17.7 Å². The van der Waals surface area contributed by atoms with Crippen molar-refractivity contribution < 1.29 is 15.0 Å². The molecule has 0 aliphatic rings. The van der Waals surface area contributed by atoms with E-state index in [4.69, 9.17) is 5.11 Å². The molecular formula is C10H20O3S. The maximum atomic E-state index is 10.2. The van der Waals surface area contributed by atoms with Crippen LogP contribution in [0.2, 0.25) is 0 Å². The van der Waals surface area contributed by atoms with Gasteiger partial charge < -0.3 is 10.2 Å². The number of aliphatic hydroxyl groups is 1. The minimum atomic E-state index is -0.917. The molecule has 0 aromatic carbocycles. The molecular weight excluding hydrogens is 200 g/mol. The van der Waals surface area contributed by atoms with Gasteiger partial charge in [0, 0.05) is 0 Å². The lowest BCUT2D eigenvalue weighted by Crippen LogP contribution is -2.12. The Morgan fingerprint density at radius 3 is 2.50 bits per heavy atom. The number of hydrogen-bond acceptors (Lipinski definition) is 3. The van der Waals surface area contributed by atoms with Crippen molar-refractivity contribution in [2.75, 3.05) is 12.0 Å². The summed E-state index contributed by atoms with van der Waals surface area (Å²) in [5.74, 6) is 0.275. The third-order valence-corrected chi connectivity index (χ3v) is 2.74. The van der Waals surface area contributed by atoms with Crippen LogP contribution in [0.5, 0.6) is 0 Å². The molecule has 0 fully saturated rings. The highest BCUT2D eigenvalue weighted by atomic mass is 32.2. The first-order chi connectivity index (χ1) is 6.66. The molecule has 0 aromatic heterocycles. The lowest BCUT2D eigenvalue weighted by molar-refractivity contribution is -0.139. The summed E-state index contributed by atoms with van der Waals surface area (Å²) in [6.45, 7) is 0. The smallest absolute Gasteiger partial charge is 0.305 e. The zero-order valence-corrected chi connectivity index (χ0v) is 9.55. The Balaban J connectivity index is 3.14. The largest absolute Gasteiger partial charge is 0.481 e. The van der Waals surface area contributed by atoms with E-state index in [-0.39, 0.29) is 6.42 Å². The van der Waals surface area contributed by atoms with Gasteiger partial charge in [-0.05, 0) is 24.9 Å². The zero-order valence-electron chi connectivity index (χ0n) is 8.74. The molecule has 14 heavy (non-hydrogen) atoms. The van der Waals surface area contributed by atoms with E-state index < -0.39 is 12.1 Å². The summed E-state index contributed by atoms with van der Waals surface area (Å²) in [6.07, 6.45) is 6.36. The first kappa shape index (κ1) is 13.8. The predicted octanol–water partition coefficient (Wildman–Crippen LogP) is 2.14. The van der Waals surface area contributed by atoms with Crippen LogP contribution >= 0.6 is 11.8 Å². The van der Waals surface area contributed by atoms with E-state index in [0.29, 0.717) is 6.42 Å². The molecule has 0 heterocycles. The van der Waals surface area contributed by atoms with Crippen LogP contribution in [0, 0.1) is 0 Å². The number of carboxylic acids is 1. The second kappa shape index (κ2) is 9.34. The van der Waals surface area contributed by atoms with Gasteiger partial charge in [0.1, 0.15) is 0 Å². The van der Waals surface area contributed by atoms with E-state index in [1.165, 1.54) is 18.6 Å². The van der Waals surface area contributed by atoms with Crippen LogP contribution in [-0.4, -0.2) is 34.3 Å². The van der Waals surface area contributed by atoms with Gasteiger partial charge in [-0.25, -0.2) is 0 Å². The van der Waals surface area contributed by atoms with Crippen molar-refractivity contribution in [2.24, 2.45) is 0 Å². The number of aliphatic carboxylic acids is 1. The van der Waals surface area contributed by atoms with Crippen LogP contribution < -0.4 is 0 Å². The van der Waals surface area contributed by atoms with Crippen LogP contribution in [-0.2, 0) is 4.79 Å². The molecule has 0 saturated heterocycles. The van der Waals surface area contributed by atoms with Crippen LogP contribution in [0.3, 0.4) is 0 Å². The molecule has 0 radical (unpaired) electrons. The highest BCUT2D eigenvalue weighted by molar-refractivity contribution is 7.98. The summed E-state index contributed by atoms with van der Waals surface area (Å²) in [5, 5.41) is 17.6. The first-order valence-corrected chi connectivity index (χ1v) is 6.45.